The van der Waals surface area contributed by atoms with Gasteiger partial charge in [-0.1, -0.05) is 0 Å². The molecular weight excluding hydrogens is 246 g/mol. The Balaban J connectivity index is 2.06. The summed E-state index contributed by atoms with van der Waals surface area (Å²) in [6.45, 7) is 2.05. The predicted molar refractivity (Wildman–Crippen MR) is 71.9 cm³/mol. The number of methoxy groups -OCH3 is 1. The molecule has 0 aliphatic heterocycles. The van der Waals surface area contributed by atoms with Crippen molar-refractivity contribution in [2.75, 3.05) is 12.4 Å². The number of hydrogen-bond donors (Lipinski definition) is 1. The maximum absolute atomic E-state index is 8.80. The first-order chi connectivity index (χ1) is 8.72. The molecule has 2 heterocycles. The minimum Gasteiger partial charge on any atom is -0.481 e. The highest BCUT2D eigenvalue weighted by atomic mass is 32.1. The van der Waals surface area contributed by atoms with Crippen molar-refractivity contribution in [3.63, 3.8) is 0 Å². The van der Waals surface area contributed by atoms with Crippen LogP contribution in [0.5, 0.6) is 5.88 Å². The minimum atomic E-state index is 0.146. The number of nitriles is 1. The van der Waals surface area contributed by atoms with Crippen LogP contribution in [0.3, 0.4) is 0 Å². The summed E-state index contributed by atoms with van der Waals surface area (Å²) in [5.41, 5.74) is 0.926. The van der Waals surface area contributed by atoms with Crippen molar-refractivity contribution in [3.8, 4) is 11.9 Å². The number of aromatic nitrogens is 1. The van der Waals surface area contributed by atoms with Crippen LogP contribution >= 0.6 is 11.3 Å². The fourth-order valence-corrected chi connectivity index (χ4v) is 2.36. The van der Waals surface area contributed by atoms with Gasteiger partial charge in [0, 0.05) is 10.9 Å². The van der Waals surface area contributed by atoms with Crippen molar-refractivity contribution in [1.29, 1.82) is 5.26 Å². The van der Waals surface area contributed by atoms with Gasteiger partial charge in [0.25, 0.3) is 0 Å². The Kier molecular flexibility index (Phi) is 3.80. The largest absolute Gasteiger partial charge is 0.481 e. The molecular formula is C13H13N3OS. The first-order valence-electron chi connectivity index (χ1n) is 5.49. The molecule has 0 amide bonds. The molecule has 0 saturated carbocycles. The number of anilines is 1. The third-order valence-corrected chi connectivity index (χ3v) is 3.67. The zero-order valence-electron chi connectivity index (χ0n) is 10.2. The van der Waals surface area contributed by atoms with Crippen LogP contribution in [0.15, 0.2) is 30.5 Å². The van der Waals surface area contributed by atoms with E-state index < -0.39 is 0 Å². The maximum atomic E-state index is 8.80. The first-order valence-corrected chi connectivity index (χ1v) is 6.31. The van der Waals surface area contributed by atoms with Crippen molar-refractivity contribution < 1.29 is 4.74 Å². The molecule has 1 N–H and O–H groups in total. The van der Waals surface area contributed by atoms with E-state index in [9.17, 15) is 0 Å². The first kappa shape index (κ1) is 12.4. The second kappa shape index (κ2) is 5.52. The molecule has 0 aromatic carbocycles. The average Bonchev–Trinajstić information content (AvgIpc) is 2.88. The molecule has 2 rings (SSSR count). The number of thiophene rings is 1. The summed E-state index contributed by atoms with van der Waals surface area (Å²) in [7, 11) is 1.59. The highest BCUT2D eigenvalue weighted by molar-refractivity contribution is 7.12. The van der Waals surface area contributed by atoms with Crippen molar-refractivity contribution in [1.82, 2.24) is 4.98 Å². The molecule has 0 aliphatic carbocycles. The molecule has 0 spiro atoms. The second-order valence-electron chi connectivity index (χ2n) is 3.77. The van der Waals surface area contributed by atoms with E-state index in [4.69, 9.17) is 10.00 Å². The summed E-state index contributed by atoms with van der Waals surface area (Å²) in [6.07, 6.45) is 1.73. The highest BCUT2D eigenvalue weighted by Crippen LogP contribution is 2.25. The van der Waals surface area contributed by atoms with Crippen LogP contribution < -0.4 is 10.1 Å². The van der Waals surface area contributed by atoms with E-state index in [-0.39, 0.29) is 6.04 Å². The average molecular weight is 259 g/mol. The summed E-state index contributed by atoms with van der Waals surface area (Å²) in [5.74, 6) is 0.594. The fourth-order valence-electron chi connectivity index (χ4n) is 1.55. The molecule has 0 fully saturated rings. The van der Waals surface area contributed by atoms with Crippen molar-refractivity contribution in [2.24, 2.45) is 0 Å². The van der Waals surface area contributed by atoms with Gasteiger partial charge >= 0.3 is 0 Å². The van der Waals surface area contributed by atoms with Crippen LogP contribution in [-0.2, 0) is 0 Å². The number of ether oxygens (including phenoxy) is 1. The Bertz CT molecular complexity index is 556. The van der Waals surface area contributed by atoms with E-state index in [1.165, 1.54) is 11.3 Å². The van der Waals surface area contributed by atoms with E-state index in [0.29, 0.717) is 5.88 Å². The van der Waals surface area contributed by atoms with Gasteiger partial charge in [-0.25, -0.2) is 4.98 Å². The zero-order chi connectivity index (χ0) is 13.0. The van der Waals surface area contributed by atoms with E-state index in [0.717, 1.165) is 15.4 Å². The lowest BCUT2D eigenvalue weighted by atomic mass is 10.2. The molecule has 0 radical (unpaired) electrons. The summed E-state index contributed by atoms with van der Waals surface area (Å²) in [5, 5.41) is 12.1. The molecule has 92 valence electrons. The van der Waals surface area contributed by atoms with E-state index >= 15 is 0 Å². The molecule has 0 aliphatic rings. The van der Waals surface area contributed by atoms with Gasteiger partial charge in [-0.2, -0.15) is 5.26 Å². The van der Waals surface area contributed by atoms with Crippen LogP contribution in [0.4, 0.5) is 5.69 Å². The Morgan fingerprint density at radius 3 is 2.78 bits per heavy atom. The number of rotatable bonds is 4. The fraction of sp³-hybridized carbons (Fsp3) is 0.231. The quantitative estimate of drug-likeness (QED) is 0.916. The van der Waals surface area contributed by atoms with Gasteiger partial charge in [0.15, 0.2) is 0 Å². The lowest BCUT2D eigenvalue weighted by Crippen LogP contribution is -2.05. The molecule has 5 heteroatoms. The lowest BCUT2D eigenvalue weighted by molar-refractivity contribution is 0.398. The Morgan fingerprint density at radius 2 is 2.22 bits per heavy atom. The molecule has 4 nitrogen and oxygen atoms in total. The van der Waals surface area contributed by atoms with Crippen LogP contribution in [0.1, 0.15) is 22.7 Å². The SMILES string of the molecule is COc1ccc(N[C@H](C)c2ccc(C#N)s2)cn1. The lowest BCUT2D eigenvalue weighted by Gasteiger charge is -2.13. The number of nitrogens with one attached hydrogen (secondary N) is 1. The van der Waals surface area contributed by atoms with Crippen LogP contribution in [0.2, 0.25) is 0 Å². The normalized spacial score (nSPS) is 11.6. The molecule has 18 heavy (non-hydrogen) atoms. The summed E-state index contributed by atoms with van der Waals surface area (Å²) < 4.78 is 5.00. The highest BCUT2D eigenvalue weighted by Gasteiger charge is 2.08. The van der Waals surface area contributed by atoms with Gasteiger partial charge in [-0.15, -0.1) is 11.3 Å². The van der Waals surface area contributed by atoms with Crippen LogP contribution in [0.25, 0.3) is 0 Å². The zero-order valence-corrected chi connectivity index (χ0v) is 11.0. The second-order valence-corrected chi connectivity index (χ2v) is 4.88. The van der Waals surface area contributed by atoms with Gasteiger partial charge < -0.3 is 10.1 Å². The number of pyridine rings is 1. The van der Waals surface area contributed by atoms with Crippen molar-refractivity contribution in [3.05, 3.63) is 40.2 Å². The monoisotopic (exact) mass is 259 g/mol. The number of hydrogen-bond acceptors (Lipinski definition) is 5. The standard InChI is InChI=1S/C13H13N3OS/c1-9(12-5-4-11(7-14)18-12)16-10-3-6-13(17-2)15-8-10/h3-6,8-9,16H,1-2H3/t9-/m1/s1. The van der Waals surface area contributed by atoms with Gasteiger partial charge in [0.2, 0.25) is 5.88 Å². The summed E-state index contributed by atoms with van der Waals surface area (Å²) >= 11 is 1.50. The maximum Gasteiger partial charge on any atom is 0.213 e. The van der Waals surface area contributed by atoms with Gasteiger partial charge in [-0.05, 0) is 25.1 Å². The molecule has 2 aromatic rings. The Hall–Kier alpha value is -2.06. The van der Waals surface area contributed by atoms with Crippen molar-refractivity contribution >= 4 is 17.0 Å². The smallest absolute Gasteiger partial charge is 0.213 e. The Labute approximate surface area is 110 Å². The van der Waals surface area contributed by atoms with E-state index in [1.54, 1.807) is 13.3 Å². The van der Waals surface area contributed by atoms with E-state index in [1.807, 2.05) is 24.3 Å². The molecule has 0 unspecified atom stereocenters. The molecule has 2 aromatic heterocycles. The molecule has 1 atom stereocenters. The van der Waals surface area contributed by atoms with Crippen molar-refractivity contribution in [2.45, 2.75) is 13.0 Å². The molecule has 0 bridgehead atoms. The number of nitrogens with zero attached hydrogens (tertiary/aromatic N) is 2. The Morgan fingerprint density at radius 1 is 1.39 bits per heavy atom. The molecule has 0 saturated heterocycles. The van der Waals surface area contributed by atoms with Crippen LogP contribution in [-0.4, -0.2) is 12.1 Å². The van der Waals surface area contributed by atoms with Crippen LogP contribution in [0, 0.1) is 11.3 Å². The van der Waals surface area contributed by atoms with Gasteiger partial charge in [0.1, 0.15) is 10.9 Å². The summed E-state index contributed by atoms with van der Waals surface area (Å²) in [4.78, 5) is 5.99. The van der Waals surface area contributed by atoms with Gasteiger partial charge in [0.05, 0.1) is 25.0 Å². The third-order valence-electron chi connectivity index (χ3n) is 2.49. The van der Waals surface area contributed by atoms with E-state index in [2.05, 4.69) is 23.3 Å². The summed E-state index contributed by atoms with van der Waals surface area (Å²) in [6, 6.07) is 9.82. The predicted octanol–water partition coefficient (Wildman–Crippen LogP) is 3.20. The topological polar surface area (TPSA) is 57.9 Å². The third kappa shape index (κ3) is 2.79. The van der Waals surface area contributed by atoms with Gasteiger partial charge in [-0.3, -0.25) is 0 Å². The minimum absolute atomic E-state index is 0.146.